The molecule has 108 valence electrons. The Kier molecular flexibility index (Phi) is 4.61. The predicted molar refractivity (Wildman–Crippen MR) is 80.3 cm³/mol. The van der Waals surface area contributed by atoms with Gasteiger partial charge in [0, 0.05) is 0 Å². The Labute approximate surface area is 121 Å². The zero-order valence-corrected chi connectivity index (χ0v) is 13.9. The smallest absolute Gasteiger partial charge is 0.341 e. The standard InChI is InChI=1S/C15H21NO3Si/c1-15(2,3)20(5,6)19-13-9-11(10-16)7-8-12(13)14(17)18-4/h7-9H,1-6H3. The number of nitriles is 1. The summed E-state index contributed by atoms with van der Waals surface area (Å²) in [6.07, 6.45) is 0. The molecule has 0 atom stereocenters. The third kappa shape index (κ3) is 3.39. The Morgan fingerprint density at radius 1 is 1.30 bits per heavy atom. The molecule has 0 saturated heterocycles. The molecular weight excluding hydrogens is 270 g/mol. The minimum Gasteiger partial charge on any atom is -0.543 e. The van der Waals surface area contributed by atoms with Crippen molar-refractivity contribution in [2.75, 3.05) is 7.11 Å². The average Bonchev–Trinajstić information content (AvgIpc) is 2.36. The largest absolute Gasteiger partial charge is 0.543 e. The third-order valence-electron chi connectivity index (χ3n) is 3.69. The first kappa shape index (κ1) is 16.3. The second-order valence-corrected chi connectivity index (χ2v) is 10.9. The summed E-state index contributed by atoms with van der Waals surface area (Å²) in [4.78, 5) is 11.8. The molecule has 0 unspecified atom stereocenters. The fraction of sp³-hybridized carbons (Fsp3) is 0.467. The topological polar surface area (TPSA) is 59.3 Å². The number of carbonyl (C=O) groups is 1. The van der Waals surface area contributed by atoms with Gasteiger partial charge in [0.05, 0.1) is 18.7 Å². The summed E-state index contributed by atoms with van der Waals surface area (Å²) < 4.78 is 10.9. The van der Waals surface area contributed by atoms with Gasteiger partial charge in [-0.3, -0.25) is 0 Å². The molecule has 0 saturated carbocycles. The van der Waals surface area contributed by atoms with E-state index in [1.807, 2.05) is 0 Å². The van der Waals surface area contributed by atoms with Crippen LogP contribution in [0.5, 0.6) is 5.75 Å². The summed E-state index contributed by atoms with van der Waals surface area (Å²) in [6, 6.07) is 6.83. The van der Waals surface area contributed by atoms with Gasteiger partial charge in [-0.1, -0.05) is 20.8 Å². The van der Waals surface area contributed by atoms with Crippen molar-refractivity contribution in [2.24, 2.45) is 0 Å². The van der Waals surface area contributed by atoms with Crippen LogP contribution in [0.2, 0.25) is 18.1 Å². The van der Waals surface area contributed by atoms with E-state index < -0.39 is 14.3 Å². The molecule has 0 heterocycles. The lowest BCUT2D eigenvalue weighted by Crippen LogP contribution is -2.44. The maximum Gasteiger partial charge on any atom is 0.341 e. The minimum absolute atomic E-state index is 0.00301. The van der Waals surface area contributed by atoms with Crippen LogP contribution in [0.15, 0.2) is 18.2 Å². The summed E-state index contributed by atoms with van der Waals surface area (Å²) >= 11 is 0. The monoisotopic (exact) mass is 291 g/mol. The first-order valence-electron chi connectivity index (χ1n) is 6.44. The fourth-order valence-electron chi connectivity index (χ4n) is 1.38. The zero-order valence-electron chi connectivity index (χ0n) is 12.9. The number of hydrogen-bond donors (Lipinski definition) is 0. The minimum atomic E-state index is -2.09. The molecule has 0 spiro atoms. The maximum atomic E-state index is 11.8. The summed E-state index contributed by atoms with van der Waals surface area (Å²) in [7, 11) is -0.759. The van der Waals surface area contributed by atoms with E-state index in [0.29, 0.717) is 16.9 Å². The zero-order chi connectivity index (χ0) is 15.6. The first-order chi connectivity index (χ1) is 9.12. The highest BCUT2D eigenvalue weighted by molar-refractivity contribution is 6.74. The Bertz CT molecular complexity index is 553. The molecule has 1 aromatic carbocycles. The second kappa shape index (κ2) is 5.67. The second-order valence-electron chi connectivity index (χ2n) is 6.18. The van der Waals surface area contributed by atoms with Crippen LogP contribution in [0, 0.1) is 11.3 Å². The average molecular weight is 291 g/mol. The number of methoxy groups -OCH3 is 1. The van der Waals surface area contributed by atoms with Crippen molar-refractivity contribution in [3.05, 3.63) is 29.3 Å². The van der Waals surface area contributed by atoms with Gasteiger partial charge in [0.25, 0.3) is 8.32 Å². The third-order valence-corrected chi connectivity index (χ3v) is 8.03. The van der Waals surface area contributed by atoms with Crippen LogP contribution in [0.3, 0.4) is 0 Å². The molecule has 0 aliphatic heterocycles. The van der Waals surface area contributed by atoms with E-state index in [2.05, 4.69) is 39.9 Å². The maximum absolute atomic E-state index is 11.8. The summed E-state index contributed by atoms with van der Waals surface area (Å²) in [6.45, 7) is 10.5. The molecule has 0 bridgehead atoms. The quantitative estimate of drug-likeness (QED) is 0.629. The summed E-state index contributed by atoms with van der Waals surface area (Å²) in [5, 5.41) is 9.00. The highest BCUT2D eigenvalue weighted by Gasteiger charge is 2.39. The van der Waals surface area contributed by atoms with Crippen molar-refractivity contribution in [3.63, 3.8) is 0 Å². The number of esters is 1. The van der Waals surface area contributed by atoms with Gasteiger partial charge in [0.1, 0.15) is 11.3 Å². The van der Waals surface area contributed by atoms with Crippen LogP contribution in [0.4, 0.5) is 0 Å². The molecule has 20 heavy (non-hydrogen) atoms. The number of hydrogen-bond acceptors (Lipinski definition) is 4. The molecule has 0 amide bonds. The molecule has 0 radical (unpaired) electrons. The van der Waals surface area contributed by atoms with Crippen molar-refractivity contribution in [3.8, 4) is 11.8 Å². The normalized spacial score (nSPS) is 11.7. The Balaban J connectivity index is 3.28. The summed E-state index contributed by atoms with van der Waals surface area (Å²) in [5.74, 6) is -0.0225. The number of rotatable bonds is 3. The number of carbonyl (C=O) groups excluding carboxylic acids is 1. The SMILES string of the molecule is COC(=O)c1ccc(C#N)cc1O[Si](C)(C)C(C)(C)C. The molecule has 1 rings (SSSR count). The van der Waals surface area contributed by atoms with Crippen molar-refractivity contribution in [2.45, 2.75) is 38.9 Å². The number of ether oxygens (including phenoxy) is 1. The van der Waals surface area contributed by atoms with Crippen molar-refractivity contribution in [1.29, 1.82) is 5.26 Å². The van der Waals surface area contributed by atoms with E-state index in [1.54, 1.807) is 18.2 Å². The van der Waals surface area contributed by atoms with Gasteiger partial charge in [-0.15, -0.1) is 0 Å². The lowest BCUT2D eigenvalue weighted by molar-refractivity contribution is 0.0598. The van der Waals surface area contributed by atoms with Crippen LogP contribution in [-0.4, -0.2) is 21.4 Å². The summed E-state index contributed by atoms with van der Waals surface area (Å²) in [5.41, 5.74) is 0.822. The van der Waals surface area contributed by atoms with E-state index >= 15 is 0 Å². The molecule has 0 N–H and O–H groups in total. The van der Waals surface area contributed by atoms with Gasteiger partial charge < -0.3 is 9.16 Å². The molecule has 4 nitrogen and oxygen atoms in total. The Morgan fingerprint density at radius 3 is 2.35 bits per heavy atom. The van der Waals surface area contributed by atoms with Crippen LogP contribution in [-0.2, 0) is 4.74 Å². The van der Waals surface area contributed by atoms with Crippen molar-refractivity contribution in [1.82, 2.24) is 0 Å². The van der Waals surface area contributed by atoms with Crippen LogP contribution < -0.4 is 4.43 Å². The van der Waals surface area contributed by atoms with Gasteiger partial charge in [-0.2, -0.15) is 5.26 Å². The van der Waals surface area contributed by atoms with Gasteiger partial charge >= 0.3 is 5.97 Å². The number of benzene rings is 1. The van der Waals surface area contributed by atoms with Gasteiger partial charge in [0.2, 0.25) is 0 Å². The van der Waals surface area contributed by atoms with Crippen LogP contribution in [0.25, 0.3) is 0 Å². The molecule has 0 aliphatic rings. The van der Waals surface area contributed by atoms with E-state index in [-0.39, 0.29) is 5.04 Å². The van der Waals surface area contributed by atoms with Gasteiger partial charge in [0.15, 0.2) is 0 Å². The van der Waals surface area contributed by atoms with Crippen molar-refractivity contribution >= 4 is 14.3 Å². The highest BCUT2D eigenvalue weighted by Crippen LogP contribution is 2.38. The van der Waals surface area contributed by atoms with Crippen LogP contribution in [0.1, 0.15) is 36.7 Å². The Hall–Kier alpha value is -1.80. The van der Waals surface area contributed by atoms with E-state index in [0.717, 1.165) is 0 Å². The first-order valence-corrected chi connectivity index (χ1v) is 9.34. The molecule has 5 heteroatoms. The van der Waals surface area contributed by atoms with Gasteiger partial charge in [-0.25, -0.2) is 4.79 Å². The molecular formula is C15H21NO3Si. The van der Waals surface area contributed by atoms with Crippen molar-refractivity contribution < 1.29 is 14.0 Å². The van der Waals surface area contributed by atoms with E-state index in [4.69, 9.17) is 14.4 Å². The number of nitrogens with zero attached hydrogens (tertiary/aromatic N) is 1. The highest BCUT2D eigenvalue weighted by atomic mass is 28.4. The Morgan fingerprint density at radius 2 is 1.90 bits per heavy atom. The lowest BCUT2D eigenvalue weighted by atomic mass is 10.1. The van der Waals surface area contributed by atoms with Gasteiger partial charge in [-0.05, 0) is 36.3 Å². The predicted octanol–water partition coefficient (Wildman–Crippen LogP) is 3.73. The molecule has 0 fully saturated rings. The van der Waals surface area contributed by atoms with E-state index in [9.17, 15) is 4.79 Å². The fourth-order valence-corrected chi connectivity index (χ4v) is 2.41. The molecule has 0 aliphatic carbocycles. The lowest BCUT2D eigenvalue weighted by Gasteiger charge is -2.36. The van der Waals surface area contributed by atoms with Crippen LogP contribution >= 0.6 is 0 Å². The molecule has 1 aromatic rings. The molecule has 0 aromatic heterocycles. The van der Waals surface area contributed by atoms with E-state index in [1.165, 1.54) is 7.11 Å².